The van der Waals surface area contributed by atoms with Crippen LogP contribution in [0.2, 0.25) is 0 Å². The first-order valence-electron chi connectivity index (χ1n) is 8.20. The van der Waals surface area contributed by atoms with Gasteiger partial charge < -0.3 is 14.9 Å². The van der Waals surface area contributed by atoms with Gasteiger partial charge in [0, 0.05) is 18.6 Å². The molecule has 2 atom stereocenters. The average molecular weight is 299 g/mol. The summed E-state index contributed by atoms with van der Waals surface area (Å²) in [7, 11) is 4.26. The van der Waals surface area contributed by atoms with Crippen LogP contribution in [0.5, 0.6) is 0 Å². The van der Waals surface area contributed by atoms with Gasteiger partial charge in [-0.15, -0.1) is 0 Å². The van der Waals surface area contributed by atoms with E-state index in [1.54, 1.807) is 0 Å². The fourth-order valence-electron chi connectivity index (χ4n) is 3.26. The molecule has 1 heterocycles. The minimum absolute atomic E-state index is 0.186. The number of carbonyl (C=O) groups is 1. The largest absolute Gasteiger partial charge is 0.480 e. The van der Waals surface area contributed by atoms with Crippen LogP contribution in [0.3, 0.4) is 0 Å². The zero-order valence-electron chi connectivity index (χ0n) is 14.4. The third kappa shape index (κ3) is 5.24. The Morgan fingerprint density at radius 2 is 2.14 bits per heavy atom. The van der Waals surface area contributed by atoms with E-state index in [1.165, 1.54) is 6.42 Å². The van der Waals surface area contributed by atoms with E-state index in [1.807, 2.05) is 20.8 Å². The van der Waals surface area contributed by atoms with Gasteiger partial charge in [-0.1, -0.05) is 6.92 Å². The lowest BCUT2D eigenvalue weighted by Crippen LogP contribution is -2.54. The Morgan fingerprint density at radius 3 is 2.57 bits per heavy atom. The highest BCUT2D eigenvalue weighted by Gasteiger charge is 2.36. The van der Waals surface area contributed by atoms with Crippen LogP contribution in [-0.4, -0.2) is 72.2 Å². The maximum atomic E-state index is 11.7. The van der Waals surface area contributed by atoms with Gasteiger partial charge in [0.1, 0.15) is 5.54 Å². The van der Waals surface area contributed by atoms with Crippen molar-refractivity contribution in [3.05, 3.63) is 0 Å². The Morgan fingerprint density at radius 1 is 1.48 bits per heavy atom. The summed E-state index contributed by atoms with van der Waals surface area (Å²) in [6.07, 6.45) is 3.47. The molecule has 0 saturated carbocycles. The van der Waals surface area contributed by atoms with Crippen LogP contribution in [0, 0.1) is 0 Å². The molecule has 0 aliphatic carbocycles. The summed E-state index contributed by atoms with van der Waals surface area (Å²) in [5.74, 6) is -0.716. The van der Waals surface area contributed by atoms with Crippen LogP contribution in [-0.2, 0) is 4.79 Å². The van der Waals surface area contributed by atoms with E-state index in [2.05, 4.69) is 29.2 Å². The Labute approximate surface area is 129 Å². The number of hydrogen-bond acceptors (Lipinski definition) is 4. The number of nitrogens with one attached hydrogen (secondary N) is 1. The Bertz CT molecular complexity index is 333. The first-order chi connectivity index (χ1) is 9.80. The number of rotatable bonds is 9. The summed E-state index contributed by atoms with van der Waals surface area (Å²) in [5.41, 5.74) is -0.769. The van der Waals surface area contributed by atoms with Crippen LogP contribution in [0.25, 0.3) is 0 Å². The number of nitrogens with zero attached hydrogens (tertiary/aromatic N) is 2. The molecule has 1 aliphatic rings. The minimum Gasteiger partial charge on any atom is -0.480 e. The molecule has 1 rings (SSSR count). The van der Waals surface area contributed by atoms with Crippen molar-refractivity contribution in [2.75, 3.05) is 33.7 Å². The normalized spacial score (nSPS) is 22.9. The van der Waals surface area contributed by atoms with E-state index in [4.69, 9.17) is 0 Å². The number of carboxylic acid groups (broad SMARTS) is 1. The van der Waals surface area contributed by atoms with Gasteiger partial charge in [0.05, 0.1) is 0 Å². The van der Waals surface area contributed by atoms with E-state index in [0.29, 0.717) is 18.9 Å². The van der Waals surface area contributed by atoms with Gasteiger partial charge in [-0.2, -0.15) is 0 Å². The van der Waals surface area contributed by atoms with Crippen molar-refractivity contribution in [2.45, 2.75) is 64.1 Å². The lowest BCUT2D eigenvalue weighted by Gasteiger charge is -2.32. The monoisotopic (exact) mass is 299 g/mol. The molecular weight excluding hydrogens is 266 g/mol. The molecule has 0 aromatic rings. The summed E-state index contributed by atoms with van der Waals surface area (Å²) in [5, 5.41) is 12.9. The molecule has 21 heavy (non-hydrogen) atoms. The molecule has 0 radical (unpaired) electrons. The molecule has 0 bridgehead atoms. The van der Waals surface area contributed by atoms with E-state index in [0.717, 1.165) is 26.1 Å². The standard InChI is InChI=1S/C16H33N3O2/c1-6-16(15(20)21,17-13(2)3)9-7-10-19-11-8-14(12-19)18(4)5/h13-14,17H,6-12H2,1-5H3,(H,20,21). The molecular formula is C16H33N3O2. The van der Waals surface area contributed by atoms with E-state index in [-0.39, 0.29) is 6.04 Å². The molecule has 0 aromatic heterocycles. The van der Waals surface area contributed by atoms with Crippen LogP contribution in [0.15, 0.2) is 0 Å². The van der Waals surface area contributed by atoms with Crippen LogP contribution < -0.4 is 5.32 Å². The summed E-state index contributed by atoms with van der Waals surface area (Å²) in [6, 6.07) is 0.833. The van der Waals surface area contributed by atoms with Crippen molar-refractivity contribution in [3.8, 4) is 0 Å². The number of carboxylic acids is 1. The number of likely N-dealkylation sites (N-methyl/N-ethyl adjacent to an activating group) is 1. The lowest BCUT2D eigenvalue weighted by molar-refractivity contribution is -0.145. The summed E-state index contributed by atoms with van der Waals surface area (Å²) in [6.45, 7) is 9.22. The van der Waals surface area contributed by atoms with Gasteiger partial charge in [-0.25, -0.2) is 0 Å². The first-order valence-corrected chi connectivity index (χ1v) is 8.20. The Hall–Kier alpha value is -0.650. The SMILES string of the molecule is CCC(CCCN1CCC(N(C)C)C1)(NC(C)C)C(=O)O. The average Bonchev–Trinajstić information content (AvgIpc) is 2.85. The van der Waals surface area contributed by atoms with Crippen molar-refractivity contribution in [1.82, 2.24) is 15.1 Å². The van der Waals surface area contributed by atoms with Gasteiger partial charge in [0.15, 0.2) is 0 Å². The van der Waals surface area contributed by atoms with Gasteiger partial charge in [0.2, 0.25) is 0 Å². The fourth-order valence-corrected chi connectivity index (χ4v) is 3.26. The van der Waals surface area contributed by atoms with Crippen molar-refractivity contribution in [2.24, 2.45) is 0 Å². The topological polar surface area (TPSA) is 55.8 Å². The number of aliphatic carboxylic acids is 1. The van der Waals surface area contributed by atoms with Crippen LogP contribution >= 0.6 is 0 Å². The zero-order chi connectivity index (χ0) is 16.0. The molecule has 2 N–H and O–H groups in total. The van der Waals surface area contributed by atoms with E-state index in [9.17, 15) is 9.90 Å². The minimum atomic E-state index is -0.769. The van der Waals surface area contributed by atoms with Crippen molar-refractivity contribution < 1.29 is 9.90 Å². The second kappa shape index (κ2) is 8.11. The van der Waals surface area contributed by atoms with Crippen molar-refractivity contribution >= 4 is 5.97 Å². The molecule has 0 spiro atoms. The van der Waals surface area contributed by atoms with E-state index < -0.39 is 11.5 Å². The molecule has 5 nitrogen and oxygen atoms in total. The predicted octanol–water partition coefficient (Wildman–Crippen LogP) is 1.63. The summed E-state index contributed by atoms with van der Waals surface area (Å²) < 4.78 is 0. The second-order valence-electron chi connectivity index (χ2n) is 6.85. The van der Waals surface area contributed by atoms with Crippen LogP contribution in [0.4, 0.5) is 0 Å². The third-order valence-electron chi connectivity index (χ3n) is 4.63. The first kappa shape index (κ1) is 18.4. The maximum absolute atomic E-state index is 11.7. The quantitative estimate of drug-likeness (QED) is 0.678. The number of likely N-dealkylation sites (tertiary alicyclic amines) is 1. The molecule has 1 saturated heterocycles. The number of hydrogen-bond donors (Lipinski definition) is 2. The smallest absolute Gasteiger partial charge is 0.323 e. The Kier molecular flexibility index (Phi) is 7.10. The molecule has 5 heteroatoms. The highest BCUT2D eigenvalue weighted by molar-refractivity contribution is 5.78. The molecule has 0 aromatic carbocycles. The molecule has 124 valence electrons. The summed E-state index contributed by atoms with van der Waals surface area (Å²) >= 11 is 0. The maximum Gasteiger partial charge on any atom is 0.323 e. The lowest BCUT2D eigenvalue weighted by atomic mass is 9.89. The van der Waals surface area contributed by atoms with Gasteiger partial charge in [-0.3, -0.25) is 10.1 Å². The molecule has 0 amide bonds. The fraction of sp³-hybridized carbons (Fsp3) is 0.938. The van der Waals surface area contributed by atoms with Gasteiger partial charge >= 0.3 is 5.97 Å². The Balaban J connectivity index is 2.46. The van der Waals surface area contributed by atoms with Gasteiger partial charge in [-0.05, 0) is 66.7 Å². The van der Waals surface area contributed by atoms with E-state index >= 15 is 0 Å². The second-order valence-corrected chi connectivity index (χ2v) is 6.85. The van der Waals surface area contributed by atoms with Gasteiger partial charge in [0.25, 0.3) is 0 Å². The summed E-state index contributed by atoms with van der Waals surface area (Å²) in [4.78, 5) is 16.4. The third-order valence-corrected chi connectivity index (χ3v) is 4.63. The highest BCUT2D eigenvalue weighted by Crippen LogP contribution is 2.21. The molecule has 1 fully saturated rings. The predicted molar refractivity (Wildman–Crippen MR) is 86.7 cm³/mol. The highest BCUT2D eigenvalue weighted by atomic mass is 16.4. The van der Waals surface area contributed by atoms with Crippen LogP contribution in [0.1, 0.15) is 46.5 Å². The molecule has 2 unspecified atom stereocenters. The van der Waals surface area contributed by atoms with Crippen molar-refractivity contribution in [3.63, 3.8) is 0 Å². The zero-order valence-corrected chi connectivity index (χ0v) is 14.4. The molecule has 1 aliphatic heterocycles. The van der Waals surface area contributed by atoms with Crippen molar-refractivity contribution in [1.29, 1.82) is 0 Å².